The quantitative estimate of drug-likeness (QED) is 0.634. The van der Waals surface area contributed by atoms with Crippen LogP contribution in [0.3, 0.4) is 0 Å². The first kappa shape index (κ1) is 20.8. The number of nitrogens with zero attached hydrogens (tertiary/aromatic N) is 1. The van der Waals surface area contributed by atoms with Crippen LogP contribution in [0, 0.1) is 5.82 Å². The predicted molar refractivity (Wildman–Crippen MR) is 110 cm³/mol. The fourth-order valence-electron chi connectivity index (χ4n) is 3.75. The van der Waals surface area contributed by atoms with Crippen molar-refractivity contribution in [2.45, 2.75) is 31.5 Å². The summed E-state index contributed by atoms with van der Waals surface area (Å²) in [5.41, 5.74) is 2.59. The number of amides is 3. The molecule has 8 nitrogen and oxygen atoms in total. The number of halogens is 1. The summed E-state index contributed by atoms with van der Waals surface area (Å²) in [5.74, 6) is -3.44. The van der Waals surface area contributed by atoms with Crippen molar-refractivity contribution in [1.82, 2.24) is 5.32 Å². The van der Waals surface area contributed by atoms with Crippen molar-refractivity contribution < 1.29 is 28.6 Å². The molecule has 0 aliphatic carbocycles. The molecular weight excluding hydrogens is 405 g/mol. The molecule has 0 spiro atoms. The number of nitrogens with one attached hydrogen (secondary N) is 2. The molecule has 0 saturated carbocycles. The molecule has 1 saturated heterocycles. The Labute approximate surface area is 178 Å². The minimum absolute atomic E-state index is 0.0544. The molecule has 1 atom stereocenters. The van der Waals surface area contributed by atoms with E-state index in [2.05, 4.69) is 10.6 Å². The van der Waals surface area contributed by atoms with Crippen molar-refractivity contribution in [2.24, 2.45) is 0 Å². The number of ether oxygens (including phenoxy) is 1. The Kier molecular flexibility index (Phi) is 5.60. The maximum atomic E-state index is 13.6. The van der Waals surface area contributed by atoms with Gasteiger partial charge in [-0.25, -0.2) is 9.18 Å². The predicted octanol–water partition coefficient (Wildman–Crippen LogP) is 2.10. The highest BCUT2D eigenvalue weighted by atomic mass is 19.1. The van der Waals surface area contributed by atoms with Gasteiger partial charge in [-0.3, -0.25) is 9.59 Å². The third-order valence-corrected chi connectivity index (χ3v) is 5.43. The first-order valence-corrected chi connectivity index (χ1v) is 10.0. The van der Waals surface area contributed by atoms with Crippen molar-refractivity contribution in [2.75, 3.05) is 23.3 Å². The highest BCUT2D eigenvalue weighted by Crippen LogP contribution is 2.33. The molecule has 3 amide bonds. The van der Waals surface area contributed by atoms with Crippen LogP contribution in [0.2, 0.25) is 0 Å². The Morgan fingerprint density at radius 3 is 2.84 bits per heavy atom. The lowest BCUT2D eigenvalue weighted by Crippen LogP contribution is -2.46. The maximum Gasteiger partial charge on any atom is 0.410 e. The molecule has 2 aromatic rings. The summed E-state index contributed by atoms with van der Waals surface area (Å²) < 4.78 is 18.6. The molecule has 2 aliphatic heterocycles. The van der Waals surface area contributed by atoms with E-state index in [4.69, 9.17) is 4.74 Å². The van der Waals surface area contributed by atoms with E-state index in [-0.39, 0.29) is 37.7 Å². The van der Waals surface area contributed by atoms with Gasteiger partial charge < -0.3 is 25.4 Å². The van der Waals surface area contributed by atoms with Gasteiger partial charge in [0.2, 0.25) is 5.91 Å². The van der Waals surface area contributed by atoms with E-state index < -0.39 is 17.8 Å². The van der Waals surface area contributed by atoms with Crippen molar-refractivity contribution >= 4 is 29.3 Å². The number of fused-ring (bicyclic) bond motifs is 1. The molecular formula is C22H22FN3O5. The number of benzene rings is 2. The molecule has 2 aromatic carbocycles. The maximum absolute atomic E-state index is 13.6. The Morgan fingerprint density at radius 1 is 1.23 bits per heavy atom. The number of aryl methyl sites for hydroxylation is 1. The third-order valence-electron chi connectivity index (χ3n) is 5.43. The van der Waals surface area contributed by atoms with Crippen LogP contribution in [0.25, 0.3) is 0 Å². The monoisotopic (exact) mass is 427 g/mol. The zero-order chi connectivity index (χ0) is 22.0. The second kappa shape index (κ2) is 8.35. The fourth-order valence-corrected chi connectivity index (χ4v) is 3.75. The van der Waals surface area contributed by atoms with Gasteiger partial charge in [-0.1, -0.05) is 18.2 Å². The second-order valence-electron chi connectivity index (χ2n) is 7.54. The summed E-state index contributed by atoms with van der Waals surface area (Å²) >= 11 is 0. The molecule has 3 N–H and O–H groups in total. The number of aliphatic hydroxyl groups is 1. The number of alkyl carbamates (subject to hydrolysis) is 1. The highest BCUT2D eigenvalue weighted by molar-refractivity contribution is 6.02. The van der Waals surface area contributed by atoms with Gasteiger partial charge in [0.15, 0.2) is 0 Å². The van der Waals surface area contributed by atoms with Crippen LogP contribution >= 0.6 is 0 Å². The number of hydrogen-bond donors (Lipinski definition) is 3. The van der Waals surface area contributed by atoms with Gasteiger partial charge in [-0.15, -0.1) is 0 Å². The number of carbonyl (C=O) groups excluding carboxylic acids is 3. The Balaban J connectivity index is 1.36. The summed E-state index contributed by atoms with van der Waals surface area (Å²) in [6.07, 6.45) is 0.126. The summed E-state index contributed by atoms with van der Waals surface area (Å²) in [7, 11) is 0. The lowest BCUT2D eigenvalue weighted by molar-refractivity contribution is -0.175. The summed E-state index contributed by atoms with van der Waals surface area (Å²) in [6.45, 7) is 0.257. The summed E-state index contributed by atoms with van der Waals surface area (Å²) in [6, 6.07) is 11.4. The van der Waals surface area contributed by atoms with Crippen LogP contribution in [0.5, 0.6) is 0 Å². The second-order valence-corrected chi connectivity index (χ2v) is 7.54. The van der Waals surface area contributed by atoms with Crippen molar-refractivity contribution in [3.05, 3.63) is 59.4 Å². The fraction of sp³-hybridized carbons (Fsp3) is 0.318. The summed E-state index contributed by atoms with van der Waals surface area (Å²) in [4.78, 5) is 37.7. The topological polar surface area (TPSA) is 108 Å². The smallest absolute Gasteiger partial charge is 0.407 e. The SMILES string of the molecule is O=C1CCc2cc(N3CC[C@](O)(OC(=O)NCCc4ccccc4F)C3=O)ccc2N1. The zero-order valence-electron chi connectivity index (χ0n) is 16.7. The summed E-state index contributed by atoms with van der Waals surface area (Å²) in [5, 5.41) is 15.8. The van der Waals surface area contributed by atoms with Gasteiger partial charge in [0.05, 0.1) is 0 Å². The van der Waals surface area contributed by atoms with Crippen molar-refractivity contribution in [1.29, 1.82) is 0 Å². The van der Waals surface area contributed by atoms with Crippen LogP contribution in [-0.2, 0) is 27.2 Å². The van der Waals surface area contributed by atoms with Crippen LogP contribution < -0.4 is 15.5 Å². The minimum atomic E-state index is -2.27. The lowest BCUT2D eigenvalue weighted by atomic mass is 10.0. The minimum Gasteiger partial charge on any atom is -0.407 e. The molecule has 4 rings (SSSR count). The molecule has 0 aromatic heterocycles. The standard InChI is InChI=1S/C22H22FN3O5/c23-17-4-2-1-3-14(17)9-11-24-21(29)31-22(30)10-12-26(20(22)28)16-6-7-18-15(13-16)5-8-19(27)25-18/h1-4,6-7,13,30H,5,8-12H2,(H,24,29)(H,25,27)/t22-/m0/s1. The van der Waals surface area contributed by atoms with Crippen molar-refractivity contribution in [3.63, 3.8) is 0 Å². The van der Waals surface area contributed by atoms with Gasteiger partial charge in [-0.2, -0.15) is 0 Å². The van der Waals surface area contributed by atoms with Gasteiger partial charge in [-0.05, 0) is 48.2 Å². The third kappa shape index (κ3) is 4.36. The number of hydrogen-bond acceptors (Lipinski definition) is 5. The van der Waals surface area contributed by atoms with Crippen LogP contribution in [-0.4, -0.2) is 41.9 Å². The molecule has 0 bridgehead atoms. The average Bonchev–Trinajstić information content (AvgIpc) is 3.03. The highest BCUT2D eigenvalue weighted by Gasteiger charge is 2.49. The van der Waals surface area contributed by atoms with E-state index in [1.807, 2.05) is 0 Å². The number of rotatable bonds is 5. The van der Waals surface area contributed by atoms with Gasteiger partial charge in [0.1, 0.15) is 5.82 Å². The largest absolute Gasteiger partial charge is 0.410 e. The molecule has 162 valence electrons. The average molecular weight is 427 g/mol. The number of anilines is 2. The normalized spacial score (nSPS) is 20.3. The lowest BCUT2D eigenvalue weighted by Gasteiger charge is -2.24. The van der Waals surface area contributed by atoms with Gasteiger partial charge in [0.25, 0.3) is 11.7 Å². The Hall–Kier alpha value is -3.46. The van der Waals surface area contributed by atoms with Crippen LogP contribution in [0.15, 0.2) is 42.5 Å². The molecule has 2 heterocycles. The molecule has 0 unspecified atom stereocenters. The Bertz CT molecular complexity index is 1040. The number of carbonyl (C=O) groups is 3. The Morgan fingerprint density at radius 2 is 2.03 bits per heavy atom. The van der Waals surface area contributed by atoms with Crippen LogP contribution in [0.1, 0.15) is 24.0 Å². The first-order valence-electron chi connectivity index (χ1n) is 10.0. The van der Waals surface area contributed by atoms with Crippen LogP contribution in [0.4, 0.5) is 20.6 Å². The van der Waals surface area contributed by atoms with E-state index in [9.17, 15) is 23.9 Å². The molecule has 1 fully saturated rings. The molecule has 31 heavy (non-hydrogen) atoms. The molecule has 9 heteroatoms. The van der Waals surface area contributed by atoms with Gasteiger partial charge >= 0.3 is 6.09 Å². The first-order chi connectivity index (χ1) is 14.9. The van der Waals surface area contributed by atoms with Crippen molar-refractivity contribution in [3.8, 4) is 0 Å². The van der Waals surface area contributed by atoms with Gasteiger partial charge in [0, 0.05) is 37.3 Å². The zero-order valence-corrected chi connectivity index (χ0v) is 16.7. The van der Waals surface area contributed by atoms with E-state index in [0.29, 0.717) is 29.8 Å². The van der Waals surface area contributed by atoms with E-state index in [0.717, 1.165) is 5.56 Å². The van der Waals surface area contributed by atoms with E-state index in [1.165, 1.54) is 11.0 Å². The molecule has 2 aliphatic rings. The molecule has 0 radical (unpaired) electrons. The van der Waals surface area contributed by atoms with E-state index >= 15 is 0 Å². The van der Waals surface area contributed by atoms with E-state index in [1.54, 1.807) is 36.4 Å².